The molecule has 0 aliphatic heterocycles. The van der Waals surface area contributed by atoms with Crippen LogP contribution in [0.4, 0.5) is 0 Å². The average Bonchev–Trinajstić information content (AvgIpc) is 2.52. The molecule has 0 aromatic heterocycles. The van der Waals surface area contributed by atoms with Gasteiger partial charge < -0.3 is 0 Å². The molecule has 2 nitrogen and oxygen atoms in total. The van der Waals surface area contributed by atoms with Gasteiger partial charge in [-0.15, -0.1) is 0 Å². The molecule has 0 aliphatic rings. The van der Waals surface area contributed by atoms with E-state index in [2.05, 4.69) is 44.5 Å². The Morgan fingerprint density at radius 3 is 1.75 bits per heavy atom. The summed E-state index contributed by atoms with van der Waals surface area (Å²) in [6.45, 7) is 14.4. The Hall–Kier alpha value is 0.226. The van der Waals surface area contributed by atoms with E-state index < -0.39 is 26.5 Å². The van der Waals surface area contributed by atoms with Crippen LogP contribution in [0.2, 0.25) is 39.0 Å². The van der Waals surface area contributed by atoms with Crippen molar-refractivity contribution in [2.45, 2.75) is 98.3 Å². The monoisotopic (exact) mass is 462 g/mol. The predicted octanol–water partition coefficient (Wildman–Crippen LogP) is 6.81. The van der Waals surface area contributed by atoms with Gasteiger partial charge in [0, 0.05) is 0 Å². The number of rotatable bonds is 14. The average molecular weight is 461 g/mol. The second-order valence-corrected chi connectivity index (χ2v) is 27.1. The van der Waals surface area contributed by atoms with Crippen LogP contribution in [-0.4, -0.2) is 39.0 Å². The van der Waals surface area contributed by atoms with E-state index in [9.17, 15) is 4.79 Å². The number of hydrogen-bond acceptors (Lipinski definition) is 2. The van der Waals surface area contributed by atoms with Crippen molar-refractivity contribution in [3.05, 3.63) is 10.2 Å². The fourth-order valence-corrected chi connectivity index (χ4v) is 17.7. The van der Waals surface area contributed by atoms with Gasteiger partial charge in [-0.1, -0.05) is 0 Å². The number of esters is 1. The van der Waals surface area contributed by atoms with Crippen molar-refractivity contribution in [3.8, 4) is 0 Å². The van der Waals surface area contributed by atoms with E-state index in [0.29, 0.717) is 6.61 Å². The second kappa shape index (κ2) is 13.4. The Morgan fingerprint density at radius 2 is 1.38 bits per heavy atom. The second-order valence-electron chi connectivity index (χ2n) is 8.48. The molecule has 0 spiro atoms. The summed E-state index contributed by atoms with van der Waals surface area (Å²) in [5.41, 5.74) is 0. The number of ether oxygens (including phenoxy) is 1. The Morgan fingerprint density at radius 1 is 0.917 bits per heavy atom. The fraction of sp³-hybridized carbons (Fsp3) is 0.850. The topological polar surface area (TPSA) is 26.3 Å². The van der Waals surface area contributed by atoms with Crippen molar-refractivity contribution >= 4 is 32.4 Å². The zero-order chi connectivity index (χ0) is 18.5. The summed E-state index contributed by atoms with van der Waals surface area (Å²) in [7, 11) is -1.12. The zero-order valence-corrected chi connectivity index (χ0v) is 21.1. The first-order valence-electron chi connectivity index (χ1n) is 10.1. The first kappa shape index (κ1) is 24.2. The van der Waals surface area contributed by atoms with Crippen LogP contribution in [0.5, 0.6) is 0 Å². The Labute approximate surface area is 156 Å². The first-order valence-corrected chi connectivity index (χ1v) is 21.6. The van der Waals surface area contributed by atoms with Gasteiger partial charge in [0.15, 0.2) is 0 Å². The molecule has 0 atom stereocenters. The van der Waals surface area contributed by atoms with Crippen LogP contribution < -0.4 is 0 Å². The molecule has 0 N–H and O–H groups in total. The molecule has 24 heavy (non-hydrogen) atoms. The SMILES string of the molecule is CCC[CH2][Sn](/[CH]=C/C(=O)OCC[Si](C)(C)C)([CH2]CCC)[CH2]CCC. The summed E-state index contributed by atoms with van der Waals surface area (Å²) in [5.74, 6) is -0.0983. The van der Waals surface area contributed by atoms with Gasteiger partial charge in [-0.25, -0.2) is 0 Å². The van der Waals surface area contributed by atoms with Crippen LogP contribution in [0, 0.1) is 0 Å². The predicted molar refractivity (Wildman–Crippen MR) is 113 cm³/mol. The van der Waals surface area contributed by atoms with Crippen molar-refractivity contribution < 1.29 is 9.53 Å². The number of carbonyl (C=O) groups excluding carboxylic acids is 1. The third-order valence-electron chi connectivity index (χ3n) is 4.75. The molecule has 142 valence electrons. The van der Waals surface area contributed by atoms with Gasteiger partial charge in [0.1, 0.15) is 0 Å². The number of unbranched alkanes of at least 4 members (excludes halogenated alkanes) is 3. The van der Waals surface area contributed by atoms with Gasteiger partial charge in [0.25, 0.3) is 0 Å². The molecule has 0 amide bonds. The number of hydrogen-bond donors (Lipinski definition) is 0. The normalized spacial score (nSPS) is 12.8. The summed E-state index contributed by atoms with van der Waals surface area (Å²) in [5, 5.41) is 0. The molecule has 0 aromatic rings. The molecular formula is C20H42O2SiSn. The maximum absolute atomic E-state index is 12.1. The van der Waals surface area contributed by atoms with Crippen molar-refractivity contribution in [2.75, 3.05) is 6.61 Å². The third kappa shape index (κ3) is 12.6. The maximum atomic E-state index is 12.1. The van der Waals surface area contributed by atoms with E-state index in [1.54, 1.807) is 0 Å². The van der Waals surface area contributed by atoms with Crippen LogP contribution in [0.1, 0.15) is 59.3 Å². The summed E-state index contributed by atoms with van der Waals surface area (Å²) in [6.07, 6.45) is 9.62. The van der Waals surface area contributed by atoms with Crippen molar-refractivity contribution in [3.63, 3.8) is 0 Å². The fourth-order valence-electron chi connectivity index (χ4n) is 2.96. The first-order chi connectivity index (χ1) is 11.3. The van der Waals surface area contributed by atoms with Crippen LogP contribution in [0.15, 0.2) is 10.2 Å². The van der Waals surface area contributed by atoms with E-state index in [4.69, 9.17) is 4.74 Å². The van der Waals surface area contributed by atoms with Gasteiger partial charge in [-0.05, 0) is 0 Å². The molecule has 0 aliphatic carbocycles. The molecule has 0 saturated heterocycles. The third-order valence-corrected chi connectivity index (χ3v) is 20.5. The molecule has 0 aromatic carbocycles. The molecule has 0 fully saturated rings. The summed E-state index contributed by atoms with van der Waals surface area (Å²) in [6, 6.07) is 1.06. The van der Waals surface area contributed by atoms with E-state index in [-0.39, 0.29) is 5.97 Å². The summed E-state index contributed by atoms with van der Waals surface area (Å²) < 4.78 is 12.1. The molecule has 4 heteroatoms. The molecule has 0 rings (SSSR count). The molecule has 0 heterocycles. The quantitative estimate of drug-likeness (QED) is 0.161. The summed E-state index contributed by atoms with van der Waals surface area (Å²) >= 11 is -2.32. The van der Waals surface area contributed by atoms with E-state index in [1.165, 1.54) is 51.8 Å². The van der Waals surface area contributed by atoms with E-state index >= 15 is 0 Å². The minimum absolute atomic E-state index is 0.0983. The van der Waals surface area contributed by atoms with Gasteiger partial charge in [0.2, 0.25) is 0 Å². The number of carbonyl (C=O) groups is 1. The van der Waals surface area contributed by atoms with Gasteiger partial charge in [-0.3, -0.25) is 0 Å². The van der Waals surface area contributed by atoms with Crippen molar-refractivity contribution in [2.24, 2.45) is 0 Å². The van der Waals surface area contributed by atoms with Crippen LogP contribution in [-0.2, 0) is 9.53 Å². The van der Waals surface area contributed by atoms with Crippen LogP contribution in [0.3, 0.4) is 0 Å². The molecular weight excluding hydrogens is 419 g/mol. The van der Waals surface area contributed by atoms with E-state index in [0.717, 1.165) is 6.04 Å². The molecule has 0 bridgehead atoms. The van der Waals surface area contributed by atoms with Gasteiger partial charge in [0.05, 0.1) is 0 Å². The summed E-state index contributed by atoms with van der Waals surface area (Å²) in [4.78, 5) is 12.1. The van der Waals surface area contributed by atoms with Crippen LogP contribution >= 0.6 is 0 Å². The Balaban J connectivity index is 4.80. The van der Waals surface area contributed by atoms with Gasteiger partial charge >= 0.3 is 157 Å². The zero-order valence-electron chi connectivity index (χ0n) is 17.2. The minimum atomic E-state index is -2.32. The molecule has 0 radical (unpaired) electrons. The van der Waals surface area contributed by atoms with Crippen molar-refractivity contribution in [1.29, 1.82) is 0 Å². The van der Waals surface area contributed by atoms with E-state index in [1.807, 2.05) is 6.08 Å². The molecule has 0 unspecified atom stereocenters. The molecule has 0 saturated carbocycles. The Kier molecular flexibility index (Phi) is 13.6. The van der Waals surface area contributed by atoms with Gasteiger partial charge in [-0.2, -0.15) is 0 Å². The van der Waals surface area contributed by atoms with Crippen LogP contribution in [0.25, 0.3) is 0 Å². The van der Waals surface area contributed by atoms with Crippen molar-refractivity contribution in [1.82, 2.24) is 0 Å². The standard InChI is InChI=1S/C8H15O2Si.3C4H9.Sn/c1-5-8(9)10-6-7-11(2,3)4;3*1-3-4-2;/h1,5H,6-7H2,2-4H3;3*1,3-4H2,2H3;. The Bertz CT molecular complexity index is 339.